The summed E-state index contributed by atoms with van der Waals surface area (Å²) in [7, 11) is 1.71. The van der Waals surface area contributed by atoms with E-state index in [2.05, 4.69) is 19.2 Å². The molecule has 0 aromatic heterocycles. The SMILES string of the molecule is CNC(c1ccc(CC(C)C)cc1)c1c(F)cccc1F. The van der Waals surface area contributed by atoms with Gasteiger partial charge in [-0.25, -0.2) is 8.78 Å². The zero-order valence-corrected chi connectivity index (χ0v) is 12.7. The summed E-state index contributed by atoms with van der Waals surface area (Å²) in [5.74, 6) is -0.471. The Kier molecular flexibility index (Phi) is 5.07. The Morgan fingerprint density at radius 3 is 2.00 bits per heavy atom. The van der Waals surface area contributed by atoms with Gasteiger partial charge in [0.2, 0.25) is 0 Å². The second-order valence-corrected chi connectivity index (χ2v) is 5.70. The van der Waals surface area contributed by atoms with Crippen LogP contribution in [-0.2, 0) is 6.42 Å². The van der Waals surface area contributed by atoms with Crippen LogP contribution in [0.5, 0.6) is 0 Å². The summed E-state index contributed by atoms with van der Waals surface area (Å²) in [5, 5.41) is 3.00. The molecule has 0 radical (unpaired) electrons. The van der Waals surface area contributed by atoms with Crippen LogP contribution < -0.4 is 5.32 Å². The van der Waals surface area contributed by atoms with E-state index in [9.17, 15) is 8.78 Å². The Morgan fingerprint density at radius 2 is 1.52 bits per heavy atom. The zero-order chi connectivity index (χ0) is 15.4. The molecule has 0 aliphatic rings. The maximum atomic E-state index is 13.9. The van der Waals surface area contributed by atoms with Crippen molar-refractivity contribution in [3.63, 3.8) is 0 Å². The zero-order valence-electron chi connectivity index (χ0n) is 12.7. The molecule has 1 atom stereocenters. The molecule has 2 rings (SSSR count). The predicted molar refractivity (Wildman–Crippen MR) is 82.2 cm³/mol. The van der Waals surface area contributed by atoms with Crippen molar-refractivity contribution in [2.24, 2.45) is 5.92 Å². The second-order valence-electron chi connectivity index (χ2n) is 5.70. The lowest BCUT2D eigenvalue weighted by molar-refractivity contribution is 0.522. The van der Waals surface area contributed by atoms with E-state index in [1.165, 1.54) is 23.8 Å². The van der Waals surface area contributed by atoms with Gasteiger partial charge in [-0.05, 0) is 42.6 Å². The van der Waals surface area contributed by atoms with Gasteiger partial charge in [-0.15, -0.1) is 0 Å². The third-order valence-corrected chi connectivity index (χ3v) is 3.53. The first-order valence-electron chi connectivity index (χ1n) is 7.23. The fraction of sp³-hybridized carbons (Fsp3) is 0.333. The molecule has 0 saturated heterocycles. The van der Waals surface area contributed by atoms with Crippen molar-refractivity contribution in [1.82, 2.24) is 5.32 Å². The van der Waals surface area contributed by atoms with Crippen molar-refractivity contribution >= 4 is 0 Å². The molecule has 21 heavy (non-hydrogen) atoms. The Hall–Kier alpha value is -1.74. The molecular weight excluding hydrogens is 268 g/mol. The van der Waals surface area contributed by atoms with E-state index >= 15 is 0 Å². The fourth-order valence-electron chi connectivity index (χ4n) is 2.58. The Bertz CT molecular complexity index is 570. The first-order valence-corrected chi connectivity index (χ1v) is 7.23. The maximum Gasteiger partial charge on any atom is 0.131 e. The van der Waals surface area contributed by atoms with Crippen LogP contribution in [0.1, 0.15) is 36.6 Å². The van der Waals surface area contributed by atoms with Crippen LogP contribution in [0, 0.1) is 17.6 Å². The number of rotatable bonds is 5. The smallest absolute Gasteiger partial charge is 0.131 e. The summed E-state index contributed by atoms with van der Waals surface area (Å²) >= 11 is 0. The Labute approximate surface area is 125 Å². The first kappa shape index (κ1) is 15.6. The molecule has 0 bridgehead atoms. The van der Waals surface area contributed by atoms with Crippen LogP contribution in [0.2, 0.25) is 0 Å². The van der Waals surface area contributed by atoms with Crippen LogP contribution >= 0.6 is 0 Å². The van der Waals surface area contributed by atoms with E-state index in [1.54, 1.807) is 7.05 Å². The number of halogens is 2. The molecule has 0 saturated carbocycles. The van der Waals surface area contributed by atoms with Gasteiger partial charge in [-0.1, -0.05) is 44.2 Å². The molecular formula is C18H21F2N. The number of hydrogen-bond donors (Lipinski definition) is 1. The highest BCUT2D eigenvalue weighted by atomic mass is 19.1. The van der Waals surface area contributed by atoms with Gasteiger partial charge < -0.3 is 5.32 Å². The van der Waals surface area contributed by atoms with Gasteiger partial charge in [0.1, 0.15) is 11.6 Å². The average Bonchev–Trinajstić information content (AvgIpc) is 2.44. The summed E-state index contributed by atoms with van der Waals surface area (Å²) in [6, 6.07) is 11.4. The van der Waals surface area contributed by atoms with Crippen LogP contribution in [0.3, 0.4) is 0 Å². The van der Waals surface area contributed by atoms with Crippen molar-refractivity contribution in [3.05, 3.63) is 70.8 Å². The van der Waals surface area contributed by atoms with Crippen LogP contribution in [0.15, 0.2) is 42.5 Å². The van der Waals surface area contributed by atoms with Gasteiger partial charge in [0, 0.05) is 5.56 Å². The van der Waals surface area contributed by atoms with Crippen molar-refractivity contribution in [2.45, 2.75) is 26.3 Å². The van der Waals surface area contributed by atoms with Crippen molar-refractivity contribution < 1.29 is 8.78 Å². The molecule has 0 spiro atoms. The van der Waals surface area contributed by atoms with Gasteiger partial charge >= 0.3 is 0 Å². The lowest BCUT2D eigenvalue weighted by Crippen LogP contribution is -2.20. The first-order chi connectivity index (χ1) is 10.0. The Morgan fingerprint density at radius 1 is 0.952 bits per heavy atom. The van der Waals surface area contributed by atoms with Crippen molar-refractivity contribution in [2.75, 3.05) is 7.05 Å². The monoisotopic (exact) mass is 289 g/mol. The van der Waals surface area contributed by atoms with Crippen LogP contribution in [0.25, 0.3) is 0 Å². The van der Waals surface area contributed by atoms with E-state index < -0.39 is 17.7 Å². The highest BCUT2D eigenvalue weighted by Gasteiger charge is 2.20. The quantitative estimate of drug-likeness (QED) is 0.856. The minimum atomic E-state index is -0.527. The van der Waals surface area contributed by atoms with E-state index in [-0.39, 0.29) is 5.56 Å². The standard InChI is InChI=1S/C18H21F2N/c1-12(2)11-13-7-9-14(10-8-13)18(21-3)17-15(19)5-4-6-16(17)20/h4-10,12,18,21H,11H2,1-3H3. The minimum absolute atomic E-state index is 0.0663. The highest BCUT2D eigenvalue weighted by Crippen LogP contribution is 2.27. The van der Waals surface area contributed by atoms with E-state index in [1.807, 2.05) is 24.3 Å². The molecule has 0 heterocycles. The van der Waals surface area contributed by atoms with Crippen molar-refractivity contribution in [1.29, 1.82) is 0 Å². The van der Waals surface area contributed by atoms with E-state index in [4.69, 9.17) is 0 Å². The van der Waals surface area contributed by atoms with Crippen LogP contribution in [0.4, 0.5) is 8.78 Å². The lowest BCUT2D eigenvalue weighted by Gasteiger charge is -2.19. The van der Waals surface area contributed by atoms with Crippen molar-refractivity contribution in [3.8, 4) is 0 Å². The normalized spacial score (nSPS) is 12.7. The summed E-state index contributed by atoms with van der Waals surface area (Å²) < 4.78 is 27.9. The van der Waals surface area contributed by atoms with E-state index in [0.29, 0.717) is 5.92 Å². The minimum Gasteiger partial charge on any atom is -0.309 e. The van der Waals surface area contributed by atoms with Gasteiger partial charge in [0.15, 0.2) is 0 Å². The molecule has 2 aromatic rings. The molecule has 0 aliphatic carbocycles. The number of nitrogens with one attached hydrogen (secondary N) is 1. The number of benzene rings is 2. The molecule has 1 unspecified atom stereocenters. The topological polar surface area (TPSA) is 12.0 Å². The van der Waals surface area contributed by atoms with Crippen LogP contribution in [-0.4, -0.2) is 7.05 Å². The largest absolute Gasteiger partial charge is 0.309 e. The van der Waals surface area contributed by atoms with Gasteiger partial charge in [0.05, 0.1) is 6.04 Å². The third-order valence-electron chi connectivity index (χ3n) is 3.53. The number of hydrogen-bond acceptors (Lipinski definition) is 1. The fourth-order valence-corrected chi connectivity index (χ4v) is 2.58. The molecule has 3 heteroatoms. The van der Waals surface area contributed by atoms with E-state index in [0.717, 1.165) is 12.0 Å². The molecule has 2 aromatic carbocycles. The summed E-state index contributed by atoms with van der Waals surface area (Å²) in [6.07, 6.45) is 0.999. The Balaban J connectivity index is 2.33. The van der Waals surface area contributed by atoms with Gasteiger partial charge in [0.25, 0.3) is 0 Å². The lowest BCUT2D eigenvalue weighted by atomic mass is 9.95. The molecule has 0 amide bonds. The summed E-state index contributed by atoms with van der Waals surface area (Å²) in [4.78, 5) is 0. The second kappa shape index (κ2) is 6.81. The third kappa shape index (κ3) is 3.67. The predicted octanol–water partition coefficient (Wildman–Crippen LogP) is 4.47. The molecule has 1 nitrogen and oxygen atoms in total. The van der Waals surface area contributed by atoms with Gasteiger partial charge in [-0.3, -0.25) is 0 Å². The molecule has 0 fully saturated rings. The summed E-state index contributed by atoms with van der Waals surface area (Å²) in [6.45, 7) is 4.33. The maximum absolute atomic E-state index is 13.9. The summed E-state index contributed by atoms with van der Waals surface area (Å²) in [5.41, 5.74) is 2.16. The highest BCUT2D eigenvalue weighted by molar-refractivity contribution is 5.35. The average molecular weight is 289 g/mol. The van der Waals surface area contributed by atoms with Gasteiger partial charge in [-0.2, -0.15) is 0 Å². The molecule has 0 aliphatic heterocycles. The molecule has 1 N–H and O–H groups in total. The molecule has 112 valence electrons.